The molecule has 1 atom stereocenters. The monoisotopic (exact) mass is 190 g/mol. The molecule has 0 radical (unpaired) electrons. The van der Waals surface area contributed by atoms with Gasteiger partial charge in [-0.15, -0.1) is 0 Å². The molecule has 0 aliphatic carbocycles. The number of rotatable bonds is 0. The van der Waals surface area contributed by atoms with Crippen molar-refractivity contribution in [2.45, 2.75) is 26.8 Å². The van der Waals surface area contributed by atoms with Gasteiger partial charge in [0.05, 0.1) is 6.67 Å². The first-order chi connectivity index (χ1) is 6.59. The van der Waals surface area contributed by atoms with Crippen molar-refractivity contribution in [2.75, 3.05) is 12.0 Å². The third-order valence-electron chi connectivity index (χ3n) is 2.72. The Morgan fingerprint density at radius 3 is 2.64 bits per heavy atom. The molecular formula is C12H18N2. The van der Waals surface area contributed by atoms with Crippen molar-refractivity contribution >= 4 is 5.69 Å². The van der Waals surface area contributed by atoms with Gasteiger partial charge in [-0.1, -0.05) is 39.0 Å². The van der Waals surface area contributed by atoms with Gasteiger partial charge in [0.15, 0.2) is 0 Å². The van der Waals surface area contributed by atoms with E-state index in [-0.39, 0.29) is 5.41 Å². The predicted octanol–water partition coefficient (Wildman–Crippen LogP) is 2.75. The van der Waals surface area contributed by atoms with E-state index >= 15 is 0 Å². The van der Waals surface area contributed by atoms with Gasteiger partial charge < -0.3 is 5.32 Å². The highest BCUT2D eigenvalue weighted by molar-refractivity contribution is 5.54. The van der Waals surface area contributed by atoms with Crippen LogP contribution in [0.4, 0.5) is 5.69 Å². The summed E-state index contributed by atoms with van der Waals surface area (Å²) < 4.78 is 0. The van der Waals surface area contributed by atoms with Crippen molar-refractivity contribution in [3.8, 4) is 0 Å². The fourth-order valence-corrected chi connectivity index (χ4v) is 2.04. The summed E-state index contributed by atoms with van der Waals surface area (Å²) in [5.74, 6) is 0. The Labute approximate surface area is 85.7 Å². The topological polar surface area (TPSA) is 24.1 Å². The van der Waals surface area contributed by atoms with Crippen LogP contribution in [-0.2, 0) is 0 Å². The van der Waals surface area contributed by atoms with E-state index in [1.165, 1.54) is 11.3 Å². The minimum atomic E-state index is 0.262. The average molecular weight is 190 g/mol. The summed E-state index contributed by atoms with van der Waals surface area (Å²) in [5, 5.41) is 6.86. The van der Waals surface area contributed by atoms with Gasteiger partial charge in [0, 0.05) is 11.7 Å². The van der Waals surface area contributed by atoms with Gasteiger partial charge in [0.25, 0.3) is 0 Å². The molecule has 0 spiro atoms. The molecule has 2 rings (SSSR count). The van der Waals surface area contributed by atoms with Crippen LogP contribution in [0.5, 0.6) is 0 Å². The Morgan fingerprint density at radius 2 is 1.93 bits per heavy atom. The van der Waals surface area contributed by atoms with Gasteiger partial charge in [-0.25, -0.2) is 0 Å². The van der Waals surface area contributed by atoms with E-state index in [2.05, 4.69) is 55.7 Å². The predicted molar refractivity (Wildman–Crippen MR) is 60.3 cm³/mol. The van der Waals surface area contributed by atoms with Crippen LogP contribution in [0.15, 0.2) is 24.3 Å². The molecule has 0 saturated heterocycles. The molecule has 1 aromatic carbocycles. The SMILES string of the molecule is CC(C)(C)[C@@H]1NCNc2ccccc21. The maximum Gasteiger partial charge on any atom is 0.0658 e. The lowest BCUT2D eigenvalue weighted by Gasteiger charge is -2.37. The highest BCUT2D eigenvalue weighted by Gasteiger charge is 2.29. The van der Waals surface area contributed by atoms with Gasteiger partial charge in [-0.2, -0.15) is 0 Å². The van der Waals surface area contributed by atoms with E-state index < -0.39 is 0 Å². The molecule has 1 heterocycles. The van der Waals surface area contributed by atoms with E-state index in [4.69, 9.17) is 0 Å². The molecule has 76 valence electrons. The zero-order valence-corrected chi connectivity index (χ0v) is 9.09. The van der Waals surface area contributed by atoms with E-state index in [0.29, 0.717) is 6.04 Å². The lowest BCUT2D eigenvalue weighted by atomic mass is 9.81. The maximum absolute atomic E-state index is 3.50. The van der Waals surface area contributed by atoms with Crippen LogP contribution < -0.4 is 10.6 Å². The van der Waals surface area contributed by atoms with Crippen LogP contribution in [-0.4, -0.2) is 6.67 Å². The number of anilines is 1. The van der Waals surface area contributed by atoms with Crippen LogP contribution in [0.1, 0.15) is 32.4 Å². The van der Waals surface area contributed by atoms with Crippen LogP contribution in [0.3, 0.4) is 0 Å². The summed E-state index contributed by atoms with van der Waals surface area (Å²) in [6.45, 7) is 7.67. The highest BCUT2D eigenvalue weighted by atomic mass is 15.1. The number of hydrogen-bond acceptors (Lipinski definition) is 2. The molecule has 14 heavy (non-hydrogen) atoms. The Bertz CT molecular complexity index is 325. The van der Waals surface area contributed by atoms with Crippen LogP contribution in [0, 0.1) is 5.41 Å². The highest BCUT2D eigenvalue weighted by Crippen LogP contribution is 2.37. The quantitative estimate of drug-likeness (QED) is 0.657. The molecule has 2 N–H and O–H groups in total. The number of fused-ring (bicyclic) bond motifs is 1. The largest absolute Gasteiger partial charge is 0.372 e. The second-order valence-corrected chi connectivity index (χ2v) is 4.94. The van der Waals surface area contributed by atoms with E-state index in [9.17, 15) is 0 Å². The Hall–Kier alpha value is -1.02. The fraction of sp³-hybridized carbons (Fsp3) is 0.500. The molecule has 0 amide bonds. The standard InChI is InChI=1S/C12H18N2/c1-12(2,3)11-9-6-4-5-7-10(9)13-8-14-11/h4-7,11,13-14H,8H2,1-3H3/t11-/m1/s1. The summed E-state index contributed by atoms with van der Waals surface area (Å²) in [6.07, 6.45) is 0. The Morgan fingerprint density at radius 1 is 1.21 bits per heavy atom. The Balaban J connectivity index is 2.41. The van der Waals surface area contributed by atoms with Crippen LogP contribution in [0.2, 0.25) is 0 Å². The van der Waals surface area contributed by atoms with Crippen molar-refractivity contribution in [3.63, 3.8) is 0 Å². The molecule has 1 aliphatic heterocycles. The summed E-state index contributed by atoms with van der Waals surface area (Å²) in [7, 11) is 0. The lowest BCUT2D eigenvalue weighted by molar-refractivity contribution is 0.273. The normalized spacial score (nSPS) is 21.2. The van der Waals surface area contributed by atoms with Crippen molar-refractivity contribution in [1.82, 2.24) is 5.32 Å². The number of nitrogens with one attached hydrogen (secondary N) is 2. The second kappa shape index (κ2) is 3.28. The molecule has 0 aromatic heterocycles. The first kappa shape index (κ1) is 9.53. The van der Waals surface area contributed by atoms with Crippen molar-refractivity contribution in [1.29, 1.82) is 0 Å². The zero-order chi connectivity index (χ0) is 10.2. The third kappa shape index (κ3) is 1.62. The van der Waals surface area contributed by atoms with Gasteiger partial charge in [-0.3, -0.25) is 5.32 Å². The summed E-state index contributed by atoms with van der Waals surface area (Å²) >= 11 is 0. The van der Waals surface area contributed by atoms with Gasteiger partial charge in [0.1, 0.15) is 0 Å². The number of hydrogen-bond donors (Lipinski definition) is 2. The zero-order valence-electron chi connectivity index (χ0n) is 9.09. The average Bonchev–Trinajstić information content (AvgIpc) is 2.15. The smallest absolute Gasteiger partial charge is 0.0658 e. The van der Waals surface area contributed by atoms with Gasteiger partial charge in [0.2, 0.25) is 0 Å². The fourth-order valence-electron chi connectivity index (χ4n) is 2.04. The Kier molecular flexibility index (Phi) is 2.23. The molecule has 1 aliphatic rings. The molecule has 1 aromatic rings. The second-order valence-electron chi connectivity index (χ2n) is 4.94. The summed E-state index contributed by atoms with van der Waals surface area (Å²) in [6, 6.07) is 8.97. The first-order valence-corrected chi connectivity index (χ1v) is 5.15. The minimum absolute atomic E-state index is 0.262. The molecule has 0 fully saturated rings. The van der Waals surface area contributed by atoms with E-state index in [1.807, 2.05) is 0 Å². The maximum atomic E-state index is 3.50. The number of para-hydroxylation sites is 1. The molecule has 0 bridgehead atoms. The molecule has 2 heteroatoms. The van der Waals surface area contributed by atoms with Crippen molar-refractivity contribution in [2.24, 2.45) is 5.41 Å². The molecule has 0 saturated carbocycles. The molecule has 2 nitrogen and oxygen atoms in total. The van der Waals surface area contributed by atoms with Gasteiger partial charge in [-0.05, 0) is 17.0 Å². The molecule has 0 unspecified atom stereocenters. The van der Waals surface area contributed by atoms with Gasteiger partial charge >= 0.3 is 0 Å². The minimum Gasteiger partial charge on any atom is -0.372 e. The van der Waals surface area contributed by atoms with Crippen LogP contribution >= 0.6 is 0 Å². The molecular weight excluding hydrogens is 172 g/mol. The lowest BCUT2D eigenvalue weighted by Crippen LogP contribution is -2.39. The van der Waals surface area contributed by atoms with E-state index in [1.54, 1.807) is 0 Å². The van der Waals surface area contributed by atoms with E-state index in [0.717, 1.165) is 6.67 Å². The summed E-state index contributed by atoms with van der Waals surface area (Å²) in [5.41, 5.74) is 2.91. The summed E-state index contributed by atoms with van der Waals surface area (Å²) in [4.78, 5) is 0. The first-order valence-electron chi connectivity index (χ1n) is 5.15. The van der Waals surface area contributed by atoms with Crippen molar-refractivity contribution < 1.29 is 0 Å². The van der Waals surface area contributed by atoms with Crippen molar-refractivity contribution in [3.05, 3.63) is 29.8 Å². The van der Waals surface area contributed by atoms with Crippen LogP contribution in [0.25, 0.3) is 0 Å². The number of benzene rings is 1. The third-order valence-corrected chi connectivity index (χ3v) is 2.72.